The number of nitrogens with one attached hydrogen (secondary N) is 2. The van der Waals surface area contributed by atoms with Crippen molar-refractivity contribution in [3.05, 3.63) is 70.9 Å². The third-order valence-electron chi connectivity index (χ3n) is 3.78. The Balaban J connectivity index is 1.50. The van der Waals surface area contributed by atoms with Gasteiger partial charge in [0.15, 0.2) is 5.82 Å². The van der Waals surface area contributed by atoms with Crippen LogP contribution in [0.25, 0.3) is 0 Å². The molecular formula is C19H20ClN5O. The van der Waals surface area contributed by atoms with Gasteiger partial charge in [-0.1, -0.05) is 35.9 Å². The molecule has 0 aliphatic heterocycles. The predicted octanol–water partition coefficient (Wildman–Crippen LogP) is 3.80. The van der Waals surface area contributed by atoms with Crippen LogP contribution in [-0.2, 0) is 13.0 Å². The van der Waals surface area contributed by atoms with E-state index in [9.17, 15) is 0 Å². The highest BCUT2D eigenvalue weighted by Gasteiger charge is 2.02. The van der Waals surface area contributed by atoms with Gasteiger partial charge in [0.25, 0.3) is 0 Å². The van der Waals surface area contributed by atoms with E-state index in [2.05, 4.69) is 25.8 Å². The Morgan fingerprint density at radius 1 is 1.04 bits per heavy atom. The van der Waals surface area contributed by atoms with Crippen LogP contribution >= 0.6 is 11.6 Å². The molecule has 3 rings (SSSR count). The minimum atomic E-state index is 0.480. The zero-order chi connectivity index (χ0) is 18.2. The summed E-state index contributed by atoms with van der Waals surface area (Å²) in [6.45, 7) is 1.34. The number of aromatic nitrogens is 3. The highest BCUT2D eigenvalue weighted by molar-refractivity contribution is 6.30. The van der Waals surface area contributed by atoms with Crippen LogP contribution in [0.4, 0.5) is 11.8 Å². The summed E-state index contributed by atoms with van der Waals surface area (Å²) in [5, 5.41) is 15.2. The highest BCUT2D eigenvalue weighted by atomic mass is 35.5. The zero-order valence-corrected chi connectivity index (χ0v) is 15.2. The molecule has 0 bridgehead atoms. The molecule has 3 aromatic rings. The molecule has 0 fully saturated rings. The van der Waals surface area contributed by atoms with E-state index in [1.54, 1.807) is 13.3 Å². The minimum absolute atomic E-state index is 0.480. The molecule has 2 N–H and O–H groups in total. The summed E-state index contributed by atoms with van der Waals surface area (Å²) < 4.78 is 5.15. The third kappa shape index (κ3) is 5.32. The predicted molar refractivity (Wildman–Crippen MR) is 104 cm³/mol. The van der Waals surface area contributed by atoms with Crippen LogP contribution in [-0.4, -0.2) is 28.8 Å². The Labute approximate surface area is 157 Å². The van der Waals surface area contributed by atoms with Crippen LogP contribution in [0.2, 0.25) is 5.02 Å². The average Bonchev–Trinajstić information content (AvgIpc) is 2.67. The lowest BCUT2D eigenvalue weighted by Crippen LogP contribution is -2.10. The van der Waals surface area contributed by atoms with Crippen molar-refractivity contribution < 1.29 is 4.74 Å². The molecule has 7 heteroatoms. The molecule has 0 aliphatic carbocycles. The lowest BCUT2D eigenvalue weighted by molar-refractivity contribution is 0.414. The monoisotopic (exact) mass is 369 g/mol. The second-order valence-electron chi connectivity index (χ2n) is 5.67. The topological polar surface area (TPSA) is 72.0 Å². The molecule has 1 aromatic heterocycles. The smallest absolute Gasteiger partial charge is 0.244 e. The second kappa shape index (κ2) is 9.01. The maximum atomic E-state index is 6.00. The van der Waals surface area contributed by atoms with Crippen molar-refractivity contribution in [3.63, 3.8) is 0 Å². The number of anilines is 2. The maximum Gasteiger partial charge on any atom is 0.244 e. The Morgan fingerprint density at radius 2 is 1.88 bits per heavy atom. The fraction of sp³-hybridized carbons (Fsp3) is 0.211. The quantitative estimate of drug-likeness (QED) is 0.629. The summed E-state index contributed by atoms with van der Waals surface area (Å²) in [7, 11) is 1.65. The van der Waals surface area contributed by atoms with Gasteiger partial charge in [0.1, 0.15) is 5.75 Å². The van der Waals surface area contributed by atoms with Crippen molar-refractivity contribution in [3.8, 4) is 5.75 Å². The van der Waals surface area contributed by atoms with E-state index in [0.717, 1.165) is 29.3 Å². The van der Waals surface area contributed by atoms with Crippen LogP contribution in [0, 0.1) is 0 Å². The summed E-state index contributed by atoms with van der Waals surface area (Å²) in [5.41, 5.74) is 2.28. The van der Waals surface area contributed by atoms with Gasteiger partial charge in [-0.05, 0) is 41.8 Å². The van der Waals surface area contributed by atoms with E-state index >= 15 is 0 Å². The van der Waals surface area contributed by atoms with Crippen molar-refractivity contribution in [1.29, 1.82) is 0 Å². The molecule has 2 aromatic carbocycles. The van der Waals surface area contributed by atoms with Gasteiger partial charge in [-0.3, -0.25) is 0 Å². The van der Waals surface area contributed by atoms with Gasteiger partial charge in [0.05, 0.1) is 13.3 Å². The van der Waals surface area contributed by atoms with E-state index in [4.69, 9.17) is 16.3 Å². The normalized spacial score (nSPS) is 10.4. The lowest BCUT2D eigenvalue weighted by Gasteiger charge is -2.08. The average molecular weight is 370 g/mol. The molecule has 0 amide bonds. The first-order valence-electron chi connectivity index (χ1n) is 8.28. The number of rotatable bonds is 8. The highest BCUT2D eigenvalue weighted by Crippen LogP contribution is 2.13. The molecule has 0 saturated carbocycles. The molecule has 0 atom stereocenters. The van der Waals surface area contributed by atoms with Gasteiger partial charge < -0.3 is 15.4 Å². The molecule has 0 aliphatic rings. The van der Waals surface area contributed by atoms with Gasteiger partial charge in [-0.25, -0.2) is 0 Å². The van der Waals surface area contributed by atoms with Crippen LogP contribution in [0.3, 0.4) is 0 Å². The first-order chi connectivity index (χ1) is 12.7. The van der Waals surface area contributed by atoms with E-state index in [-0.39, 0.29) is 0 Å². The fourth-order valence-electron chi connectivity index (χ4n) is 2.42. The minimum Gasteiger partial charge on any atom is -0.497 e. The van der Waals surface area contributed by atoms with Crippen LogP contribution in [0.5, 0.6) is 5.75 Å². The number of halogens is 1. The van der Waals surface area contributed by atoms with Gasteiger partial charge in [0, 0.05) is 18.1 Å². The molecule has 0 spiro atoms. The molecule has 1 heterocycles. The van der Waals surface area contributed by atoms with E-state index < -0.39 is 0 Å². The Morgan fingerprint density at radius 3 is 2.65 bits per heavy atom. The molecular weight excluding hydrogens is 350 g/mol. The van der Waals surface area contributed by atoms with Gasteiger partial charge >= 0.3 is 0 Å². The molecule has 6 nitrogen and oxygen atoms in total. The maximum absolute atomic E-state index is 6.00. The number of hydrogen-bond donors (Lipinski definition) is 2. The summed E-state index contributed by atoms with van der Waals surface area (Å²) in [6, 6.07) is 15.7. The summed E-state index contributed by atoms with van der Waals surface area (Å²) in [6.07, 6.45) is 2.45. The standard InChI is InChI=1S/C19H20ClN5O/c1-26-17-7-5-15(6-8-17)12-22-19-24-18(13-23-25-19)21-10-9-14-3-2-4-16(20)11-14/h2-8,11,13H,9-10,12H2,1H3,(H2,21,22,24,25). The molecule has 134 valence electrons. The first kappa shape index (κ1) is 17.9. The molecule has 0 radical (unpaired) electrons. The SMILES string of the molecule is COc1ccc(CNc2nncc(NCCc3cccc(Cl)c3)n2)cc1. The van der Waals surface area contributed by atoms with Crippen molar-refractivity contribution in [1.82, 2.24) is 15.2 Å². The van der Waals surface area contributed by atoms with E-state index in [0.29, 0.717) is 18.3 Å². The van der Waals surface area contributed by atoms with Crippen LogP contribution in [0.1, 0.15) is 11.1 Å². The number of hydrogen-bond acceptors (Lipinski definition) is 6. The summed E-state index contributed by atoms with van der Waals surface area (Å²) >= 11 is 6.00. The van der Waals surface area contributed by atoms with E-state index in [1.807, 2.05) is 48.5 Å². The lowest BCUT2D eigenvalue weighted by atomic mass is 10.1. The zero-order valence-electron chi connectivity index (χ0n) is 14.4. The van der Waals surface area contributed by atoms with Crippen molar-refractivity contribution in [2.24, 2.45) is 0 Å². The first-order valence-corrected chi connectivity index (χ1v) is 8.65. The van der Waals surface area contributed by atoms with Crippen LogP contribution in [0.15, 0.2) is 54.7 Å². The Hall–Kier alpha value is -2.86. The Kier molecular flexibility index (Phi) is 6.22. The number of methoxy groups -OCH3 is 1. The molecule has 0 unspecified atom stereocenters. The number of ether oxygens (including phenoxy) is 1. The Bertz CT molecular complexity index is 841. The number of nitrogens with zero attached hydrogens (tertiary/aromatic N) is 3. The molecule has 0 saturated heterocycles. The van der Waals surface area contributed by atoms with Gasteiger partial charge in [-0.15, -0.1) is 5.10 Å². The van der Waals surface area contributed by atoms with Gasteiger partial charge in [0.2, 0.25) is 5.95 Å². The van der Waals surface area contributed by atoms with Gasteiger partial charge in [-0.2, -0.15) is 10.1 Å². The summed E-state index contributed by atoms with van der Waals surface area (Å²) in [5.74, 6) is 1.99. The third-order valence-corrected chi connectivity index (χ3v) is 4.01. The fourth-order valence-corrected chi connectivity index (χ4v) is 2.63. The largest absolute Gasteiger partial charge is 0.497 e. The van der Waals surface area contributed by atoms with Crippen molar-refractivity contribution >= 4 is 23.4 Å². The van der Waals surface area contributed by atoms with Crippen molar-refractivity contribution in [2.75, 3.05) is 24.3 Å². The number of benzene rings is 2. The van der Waals surface area contributed by atoms with Crippen molar-refractivity contribution in [2.45, 2.75) is 13.0 Å². The van der Waals surface area contributed by atoms with E-state index in [1.165, 1.54) is 5.56 Å². The summed E-state index contributed by atoms with van der Waals surface area (Å²) in [4.78, 5) is 4.42. The molecule has 26 heavy (non-hydrogen) atoms. The second-order valence-corrected chi connectivity index (χ2v) is 6.11. The van der Waals surface area contributed by atoms with Crippen LogP contribution < -0.4 is 15.4 Å².